The van der Waals surface area contributed by atoms with E-state index in [0.717, 1.165) is 8.64 Å². The fourth-order valence-electron chi connectivity index (χ4n) is 0.224. The third-order valence-corrected chi connectivity index (χ3v) is 9.72. The van der Waals surface area contributed by atoms with Gasteiger partial charge in [0.25, 0.3) is 0 Å². The SMILES string of the molecule is CN(C)C(=S)S[Se]SC(=S)N(C)C. The molecule has 0 aromatic carbocycles. The number of hydrogen-bond donors (Lipinski definition) is 0. The van der Waals surface area contributed by atoms with Crippen LogP contribution < -0.4 is 0 Å². The van der Waals surface area contributed by atoms with E-state index in [4.69, 9.17) is 24.4 Å². The van der Waals surface area contributed by atoms with Gasteiger partial charge in [0.2, 0.25) is 0 Å². The molecule has 7 heteroatoms. The minimum absolute atomic E-state index is 0.350. The van der Waals surface area contributed by atoms with Crippen LogP contribution in [-0.4, -0.2) is 59.3 Å². The van der Waals surface area contributed by atoms with Gasteiger partial charge in [0.15, 0.2) is 0 Å². The Kier molecular flexibility index (Phi) is 7.87. The molecule has 0 heterocycles. The Balaban J connectivity index is 3.57. The van der Waals surface area contributed by atoms with Crippen molar-refractivity contribution in [2.45, 2.75) is 0 Å². The van der Waals surface area contributed by atoms with E-state index in [-0.39, 0.29) is 0 Å². The number of rotatable bonds is 2. The summed E-state index contributed by atoms with van der Waals surface area (Å²) in [6.07, 6.45) is 0. The molecule has 0 N–H and O–H groups in total. The van der Waals surface area contributed by atoms with Crippen molar-refractivity contribution in [3.63, 3.8) is 0 Å². The first-order chi connectivity index (χ1) is 5.95. The van der Waals surface area contributed by atoms with Crippen LogP contribution in [-0.2, 0) is 0 Å². The fourth-order valence-corrected chi connectivity index (χ4v) is 8.44. The molecule has 76 valence electrons. The zero-order valence-electron chi connectivity index (χ0n) is 7.94. The second kappa shape index (κ2) is 7.31. The molecular formula is C6H12N2S4Se. The summed E-state index contributed by atoms with van der Waals surface area (Å²) in [5.41, 5.74) is 0. The zero-order chi connectivity index (χ0) is 10.4. The molecule has 0 aromatic heterocycles. The molecule has 0 bridgehead atoms. The van der Waals surface area contributed by atoms with Gasteiger partial charge in [-0.2, -0.15) is 0 Å². The molecular weight excluding hydrogens is 307 g/mol. The molecule has 0 saturated carbocycles. The van der Waals surface area contributed by atoms with Crippen LogP contribution in [0.25, 0.3) is 0 Å². The Labute approximate surface area is 103 Å². The van der Waals surface area contributed by atoms with Gasteiger partial charge in [-0.3, -0.25) is 0 Å². The first kappa shape index (κ1) is 14.0. The van der Waals surface area contributed by atoms with Crippen molar-refractivity contribution in [1.29, 1.82) is 0 Å². The van der Waals surface area contributed by atoms with Crippen molar-refractivity contribution in [3.8, 4) is 0 Å². The quantitative estimate of drug-likeness (QED) is 0.560. The van der Waals surface area contributed by atoms with Crippen LogP contribution in [0.5, 0.6) is 0 Å². The molecule has 0 rings (SSSR count). The molecule has 0 amide bonds. The topological polar surface area (TPSA) is 6.48 Å². The second-order valence-electron chi connectivity index (χ2n) is 2.56. The van der Waals surface area contributed by atoms with E-state index in [2.05, 4.69) is 0 Å². The molecule has 0 radical (unpaired) electrons. The summed E-state index contributed by atoms with van der Waals surface area (Å²) in [5.74, 6) is 0. The second-order valence-corrected chi connectivity index (χ2v) is 10.2. The Morgan fingerprint density at radius 3 is 1.46 bits per heavy atom. The average Bonchev–Trinajstić information content (AvgIpc) is 2.03. The summed E-state index contributed by atoms with van der Waals surface area (Å²) < 4.78 is 1.85. The molecule has 2 nitrogen and oxygen atoms in total. The van der Waals surface area contributed by atoms with Gasteiger partial charge in [0.05, 0.1) is 0 Å². The Morgan fingerprint density at radius 1 is 0.923 bits per heavy atom. The third-order valence-electron chi connectivity index (χ3n) is 0.941. The monoisotopic (exact) mass is 320 g/mol. The van der Waals surface area contributed by atoms with Gasteiger partial charge in [-0.25, -0.2) is 0 Å². The van der Waals surface area contributed by atoms with Crippen molar-refractivity contribution in [2.24, 2.45) is 0 Å². The van der Waals surface area contributed by atoms with E-state index in [1.54, 1.807) is 20.4 Å². The average molecular weight is 319 g/mol. The molecule has 0 aliphatic rings. The molecule has 0 fully saturated rings. The van der Waals surface area contributed by atoms with Crippen LogP contribution in [0.3, 0.4) is 0 Å². The summed E-state index contributed by atoms with van der Waals surface area (Å²) in [6, 6.07) is 0. The van der Waals surface area contributed by atoms with Crippen molar-refractivity contribution >= 4 is 66.2 Å². The summed E-state index contributed by atoms with van der Waals surface area (Å²) in [5, 5.41) is 0. The van der Waals surface area contributed by atoms with E-state index < -0.39 is 0 Å². The maximum absolute atomic E-state index is 5.13. The maximum atomic E-state index is 5.13. The van der Waals surface area contributed by atoms with E-state index in [0.29, 0.717) is 12.7 Å². The van der Waals surface area contributed by atoms with Crippen molar-refractivity contribution in [3.05, 3.63) is 0 Å². The summed E-state index contributed by atoms with van der Waals surface area (Å²) >= 11 is 10.6. The molecule has 0 unspecified atom stereocenters. The molecule has 0 saturated heterocycles. The van der Waals surface area contributed by atoms with Gasteiger partial charge in [0, 0.05) is 0 Å². The van der Waals surface area contributed by atoms with Crippen LogP contribution >= 0.6 is 44.8 Å². The van der Waals surface area contributed by atoms with Gasteiger partial charge in [0.1, 0.15) is 0 Å². The van der Waals surface area contributed by atoms with E-state index in [1.165, 1.54) is 0 Å². The van der Waals surface area contributed by atoms with Crippen LogP contribution in [0, 0.1) is 0 Å². The van der Waals surface area contributed by atoms with Crippen LogP contribution in [0.2, 0.25) is 0 Å². The first-order valence-corrected chi connectivity index (χ1v) is 9.88. The molecule has 0 atom stereocenters. The Bertz CT molecular complexity index is 175. The zero-order valence-corrected chi connectivity index (χ0v) is 12.9. The normalized spacial score (nSPS) is 9.54. The van der Waals surface area contributed by atoms with Gasteiger partial charge < -0.3 is 0 Å². The van der Waals surface area contributed by atoms with Crippen LogP contribution in [0.15, 0.2) is 0 Å². The Hall–Kier alpha value is 0.999. The van der Waals surface area contributed by atoms with E-state index in [9.17, 15) is 0 Å². The van der Waals surface area contributed by atoms with Gasteiger partial charge in [-0.15, -0.1) is 0 Å². The predicted molar refractivity (Wildman–Crippen MR) is 73.5 cm³/mol. The van der Waals surface area contributed by atoms with E-state index in [1.807, 2.05) is 38.0 Å². The molecule has 0 spiro atoms. The standard InChI is InChI=1S/C6H12N2S4Se/c1-7(2)5(9)11-13-12-6(10)8(3)4/h1-4H3. The van der Waals surface area contributed by atoms with Crippen molar-refractivity contribution in [1.82, 2.24) is 9.80 Å². The number of nitrogens with zero attached hydrogens (tertiary/aromatic N) is 2. The fraction of sp³-hybridized carbons (Fsp3) is 0.667. The number of thiocarbonyl (C=S) groups is 2. The third kappa shape index (κ3) is 6.99. The molecule has 0 aliphatic carbocycles. The molecule has 0 aliphatic heterocycles. The predicted octanol–water partition coefficient (Wildman–Crippen LogP) is 1.68. The summed E-state index contributed by atoms with van der Waals surface area (Å²) in [6.45, 7) is 0. The number of hydrogen-bond acceptors (Lipinski definition) is 4. The van der Waals surface area contributed by atoms with Gasteiger partial charge in [-0.05, 0) is 0 Å². The van der Waals surface area contributed by atoms with E-state index >= 15 is 0 Å². The van der Waals surface area contributed by atoms with Gasteiger partial charge >= 0.3 is 104 Å². The van der Waals surface area contributed by atoms with Crippen LogP contribution in [0.4, 0.5) is 0 Å². The molecule has 13 heavy (non-hydrogen) atoms. The minimum atomic E-state index is 0.350. The first-order valence-electron chi connectivity index (χ1n) is 3.39. The van der Waals surface area contributed by atoms with Gasteiger partial charge in [-0.1, -0.05) is 0 Å². The Morgan fingerprint density at radius 2 is 1.23 bits per heavy atom. The van der Waals surface area contributed by atoms with Crippen LogP contribution in [0.1, 0.15) is 0 Å². The summed E-state index contributed by atoms with van der Waals surface area (Å²) in [7, 11) is 11.2. The molecule has 0 aromatic rings. The summed E-state index contributed by atoms with van der Waals surface area (Å²) in [4.78, 5) is 3.89. The van der Waals surface area contributed by atoms with Crippen molar-refractivity contribution in [2.75, 3.05) is 28.2 Å². The van der Waals surface area contributed by atoms with Crippen molar-refractivity contribution < 1.29 is 0 Å².